The third-order valence-electron chi connectivity index (χ3n) is 4.52. The van der Waals surface area contributed by atoms with Crippen LogP contribution in [0.15, 0.2) is 18.5 Å². The minimum absolute atomic E-state index is 0.0505. The molecule has 8 heteroatoms. The number of hydrogen-bond donors (Lipinski definition) is 3. The van der Waals surface area contributed by atoms with E-state index in [9.17, 15) is 5.11 Å². The largest absolute Gasteiger partial charge is 0.396 e. The van der Waals surface area contributed by atoms with E-state index in [-0.39, 0.29) is 35.6 Å². The molecule has 0 saturated heterocycles. The fraction of sp³-hybridized carbons (Fsp3) is 0.500. The molecule has 4 N–H and O–H groups in total. The second-order valence-electron chi connectivity index (χ2n) is 5.65. The molecule has 0 bridgehead atoms. The maximum absolute atomic E-state index is 10.8. The first-order chi connectivity index (χ1) is 11.0. The van der Waals surface area contributed by atoms with E-state index in [2.05, 4.69) is 26.6 Å². The van der Waals surface area contributed by atoms with E-state index in [1.54, 1.807) is 10.9 Å². The molecule has 3 rings (SSSR count). The van der Waals surface area contributed by atoms with Gasteiger partial charge in [0.25, 0.3) is 0 Å². The lowest BCUT2D eigenvalue weighted by atomic mass is 9.92. The number of nitrogens with zero attached hydrogens (tertiary/aromatic N) is 4. The quantitative estimate of drug-likeness (QED) is 0.575. The van der Waals surface area contributed by atoms with Crippen molar-refractivity contribution in [3.63, 3.8) is 0 Å². The van der Waals surface area contributed by atoms with Crippen molar-refractivity contribution in [3.05, 3.63) is 23.6 Å². The Morgan fingerprint density at radius 3 is 3.05 bits per heavy atom. The monoisotopic (exact) mass is 325 g/mol. The van der Waals surface area contributed by atoms with Crippen LogP contribution < -0.4 is 5.73 Å². The lowest BCUT2D eigenvalue weighted by Gasteiger charge is -2.21. The molecule has 1 saturated carbocycles. The Bertz CT molecular complexity index is 752. The fourth-order valence-electron chi connectivity index (χ4n) is 3.30. The molecule has 1 aliphatic rings. The SMILES string of the molecule is [3H]OCC[C@H]1[C@@H](O)[C@H](n2cnc3c(Cl)nc(N)nc32)C(=C)[C@@H]1C. The second-order valence-corrected chi connectivity index (χ2v) is 6.01. The van der Waals surface area contributed by atoms with E-state index >= 15 is 0 Å². The number of nitrogens with two attached hydrogens (primary N) is 1. The second kappa shape index (κ2) is 5.49. The Balaban J connectivity index is 2.03. The van der Waals surface area contributed by atoms with Crippen LogP contribution in [0.25, 0.3) is 11.2 Å². The zero-order chi connectivity index (χ0) is 16.7. The van der Waals surface area contributed by atoms with E-state index in [0.717, 1.165) is 5.57 Å². The average Bonchev–Trinajstić information content (AvgIpc) is 2.99. The molecule has 2 aromatic rings. The van der Waals surface area contributed by atoms with E-state index < -0.39 is 6.10 Å². The Kier molecular flexibility index (Phi) is 3.48. The average molecular weight is 326 g/mol. The number of imidazole rings is 1. The van der Waals surface area contributed by atoms with Gasteiger partial charge in [-0.15, -0.1) is 0 Å². The van der Waals surface area contributed by atoms with Crippen LogP contribution in [0.3, 0.4) is 0 Å². The zero-order valence-corrected chi connectivity index (χ0v) is 12.9. The van der Waals surface area contributed by atoms with Gasteiger partial charge in [0.2, 0.25) is 7.38 Å². The summed E-state index contributed by atoms with van der Waals surface area (Å²) in [6, 6.07) is -0.379. The van der Waals surface area contributed by atoms with Crippen LogP contribution in [0.5, 0.6) is 0 Å². The minimum atomic E-state index is -0.681. The Morgan fingerprint density at radius 2 is 2.32 bits per heavy atom. The molecule has 2 aromatic heterocycles. The van der Waals surface area contributed by atoms with Gasteiger partial charge in [-0.1, -0.05) is 25.1 Å². The van der Waals surface area contributed by atoms with Crippen molar-refractivity contribution in [2.45, 2.75) is 25.5 Å². The maximum atomic E-state index is 10.8. The third kappa shape index (κ3) is 2.16. The molecule has 0 spiro atoms. The number of anilines is 1. The number of nitrogen functional groups attached to an aromatic ring is 1. The third-order valence-corrected chi connectivity index (χ3v) is 4.78. The molecule has 4 atom stereocenters. The molecular formula is C14H18ClN5O2. The molecule has 22 heavy (non-hydrogen) atoms. The Morgan fingerprint density at radius 1 is 1.55 bits per heavy atom. The fourth-order valence-corrected chi connectivity index (χ4v) is 3.51. The van der Waals surface area contributed by atoms with Crippen molar-refractivity contribution in [1.29, 1.82) is 1.43 Å². The summed E-state index contributed by atoms with van der Waals surface area (Å²) in [7, 11) is 0. The number of rotatable bonds is 4. The van der Waals surface area contributed by atoms with E-state index in [1.807, 2.05) is 6.92 Å². The predicted octanol–water partition coefficient (Wildman–Crippen LogP) is 1.17. The number of halogens is 1. The number of aliphatic hydroxyl groups excluding tert-OH is 2. The van der Waals surface area contributed by atoms with Gasteiger partial charge in [-0.2, -0.15) is 9.97 Å². The van der Waals surface area contributed by atoms with Crippen LogP contribution in [0.4, 0.5) is 5.95 Å². The van der Waals surface area contributed by atoms with Crippen molar-refractivity contribution in [3.8, 4) is 0 Å². The number of fused-ring (bicyclic) bond motifs is 1. The van der Waals surface area contributed by atoms with Gasteiger partial charge in [-0.25, -0.2) is 4.98 Å². The summed E-state index contributed by atoms with van der Waals surface area (Å²) in [5, 5.41) is 15.3. The first-order valence-electron chi connectivity index (χ1n) is 7.47. The molecule has 0 aliphatic heterocycles. The summed E-state index contributed by atoms with van der Waals surface area (Å²) >= 11 is 6.05. The summed E-state index contributed by atoms with van der Waals surface area (Å²) in [4.78, 5) is 12.3. The highest BCUT2D eigenvalue weighted by Gasteiger charge is 2.44. The molecule has 1 aliphatic carbocycles. The van der Waals surface area contributed by atoms with E-state index in [1.165, 1.54) is 0 Å². The van der Waals surface area contributed by atoms with Crippen LogP contribution in [0.2, 0.25) is 5.15 Å². The molecule has 0 unspecified atom stereocenters. The Labute approximate surface area is 134 Å². The van der Waals surface area contributed by atoms with Crippen molar-refractivity contribution in [2.75, 3.05) is 12.3 Å². The topological polar surface area (TPSA) is 110 Å². The summed E-state index contributed by atoms with van der Waals surface area (Å²) in [5.41, 5.74) is 7.45. The lowest BCUT2D eigenvalue weighted by Crippen LogP contribution is -2.25. The zero-order valence-electron chi connectivity index (χ0n) is 13.1. The smallest absolute Gasteiger partial charge is 0.223 e. The van der Waals surface area contributed by atoms with Crippen molar-refractivity contribution in [2.24, 2.45) is 11.8 Å². The Hall–Kier alpha value is -1.70. The highest BCUT2D eigenvalue weighted by atomic mass is 35.5. The number of hydrogen-bond acceptors (Lipinski definition) is 6. The molecule has 0 amide bonds. The van der Waals surface area contributed by atoms with Gasteiger partial charge in [-0.05, 0) is 23.8 Å². The van der Waals surface area contributed by atoms with Crippen molar-refractivity contribution in [1.82, 2.24) is 19.5 Å². The molecule has 1 fully saturated rings. The summed E-state index contributed by atoms with van der Waals surface area (Å²) in [5.74, 6) is 0.0803. The lowest BCUT2D eigenvalue weighted by molar-refractivity contribution is 0.0750. The summed E-state index contributed by atoms with van der Waals surface area (Å²) in [6.45, 7) is 6.40. The number of aromatic nitrogens is 4. The first kappa shape index (κ1) is 13.9. The van der Waals surface area contributed by atoms with Crippen LogP contribution in [0.1, 0.15) is 19.4 Å². The normalized spacial score (nSPS) is 29.2. The molecule has 0 radical (unpaired) electrons. The highest BCUT2D eigenvalue weighted by molar-refractivity contribution is 6.33. The van der Waals surface area contributed by atoms with Crippen LogP contribution >= 0.6 is 11.6 Å². The van der Waals surface area contributed by atoms with Gasteiger partial charge in [0.05, 0.1) is 18.5 Å². The molecule has 0 aromatic carbocycles. The summed E-state index contributed by atoms with van der Waals surface area (Å²) < 4.78 is 8.57. The highest BCUT2D eigenvalue weighted by Crippen LogP contribution is 2.45. The predicted molar refractivity (Wildman–Crippen MR) is 83.3 cm³/mol. The van der Waals surface area contributed by atoms with Crippen LogP contribution in [-0.4, -0.2) is 43.9 Å². The van der Waals surface area contributed by atoms with Crippen molar-refractivity contribution >= 4 is 28.7 Å². The minimum Gasteiger partial charge on any atom is -0.396 e. The first-order valence-corrected chi connectivity index (χ1v) is 7.44. The van der Waals surface area contributed by atoms with Gasteiger partial charge < -0.3 is 20.5 Å². The molecular weight excluding hydrogens is 306 g/mol. The maximum Gasteiger partial charge on any atom is 0.223 e. The van der Waals surface area contributed by atoms with Gasteiger partial charge >= 0.3 is 0 Å². The van der Waals surface area contributed by atoms with E-state index in [4.69, 9.17) is 18.8 Å². The van der Waals surface area contributed by atoms with Gasteiger partial charge in [0.15, 0.2) is 10.8 Å². The van der Waals surface area contributed by atoms with Crippen LogP contribution in [-0.2, 0) is 0 Å². The standard InChI is InChI=1S/C14H18ClN5O2/c1-6-7(2)10(11(22)8(6)3-4-21)20-5-17-9-12(15)18-14(16)19-13(9)20/h5-6,8,10-11,21-22H,2-4H2,1H3,(H2,16,18,19)/t6-,8+,10+,11+/m0/s1/i21T. The van der Waals surface area contributed by atoms with E-state index in [0.29, 0.717) is 17.6 Å². The van der Waals surface area contributed by atoms with Crippen LogP contribution in [0, 0.1) is 11.8 Å². The molecule has 7 nitrogen and oxygen atoms in total. The number of aliphatic hydroxyl groups is 2. The van der Waals surface area contributed by atoms with Crippen molar-refractivity contribution < 1.29 is 10.2 Å². The van der Waals surface area contributed by atoms with Gasteiger partial charge in [0.1, 0.15) is 5.52 Å². The van der Waals surface area contributed by atoms with Gasteiger partial charge in [0, 0.05) is 6.61 Å². The van der Waals surface area contributed by atoms with Gasteiger partial charge in [-0.3, -0.25) is 0 Å². The molecule has 2 heterocycles. The summed E-state index contributed by atoms with van der Waals surface area (Å²) in [6.07, 6.45) is 1.46. The molecule has 118 valence electrons.